The minimum Gasteiger partial charge on any atom is -0.466 e. The largest absolute Gasteiger partial charge is 0.466 e. The highest BCUT2D eigenvalue weighted by atomic mass is 16.5. The lowest BCUT2D eigenvalue weighted by Gasteiger charge is -2.01. The number of rotatable bonds is 6. The summed E-state index contributed by atoms with van der Waals surface area (Å²) in [5, 5.41) is 0. The number of carbonyl (C=O) groups is 1. The molecule has 0 aromatic heterocycles. The van der Waals surface area contributed by atoms with Crippen molar-refractivity contribution < 1.29 is 9.53 Å². The van der Waals surface area contributed by atoms with Gasteiger partial charge in [0.05, 0.1) is 6.61 Å². The van der Waals surface area contributed by atoms with Gasteiger partial charge in [0.1, 0.15) is 0 Å². The lowest BCUT2D eigenvalue weighted by atomic mass is 10.3. The average molecular weight is 170 g/mol. The van der Waals surface area contributed by atoms with Crippen LogP contribution in [-0.4, -0.2) is 12.6 Å². The summed E-state index contributed by atoms with van der Waals surface area (Å²) >= 11 is 0. The van der Waals surface area contributed by atoms with Crippen molar-refractivity contribution in [3.8, 4) is 0 Å². The zero-order chi connectivity index (χ0) is 9.23. The van der Waals surface area contributed by atoms with E-state index in [-0.39, 0.29) is 5.97 Å². The third kappa shape index (κ3) is 7.32. The van der Waals surface area contributed by atoms with E-state index < -0.39 is 0 Å². The Hall–Kier alpha value is -0.790. The normalized spacial score (nSPS) is 10.5. The van der Waals surface area contributed by atoms with Gasteiger partial charge in [0.2, 0.25) is 0 Å². The molecule has 0 aliphatic carbocycles. The van der Waals surface area contributed by atoms with Gasteiger partial charge >= 0.3 is 5.97 Å². The van der Waals surface area contributed by atoms with E-state index in [0.717, 1.165) is 19.3 Å². The first-order valence-electron chi connectivity index (χ1n) is 4.58. The van der Waals surface area contributed by atoms with Crippen LogP contribution in [0.5, 0.6) is 0 Å². The number of unbranched alkanes of at least 4 members (excludes halogenated alkanes) is 1. The van der Waals surface area contributed by atoms with Crippen molar-refractivity contribution in [3.63, 3.8) is 0 Å². The fourth-order valence-corrected chi connectivity index (χ4v) is 0.830. The van der Waals surface area contributed by atoms with Gasteiger partial charge in [-0.15, -0.1) is 0 Å². The second kappa shape index (κ2) is 8.31. The van der Waals surface area contributed by atoms with Crippen molar-refractivity contribution in [1.82, 2.24) is 0 Å². The summed E-state index contributed by atoms with van der Waals surface area (Å²) in [4.78, 5) is 10.8. The van der Waals surface area contributed by atoms with Crippen molar-refractivity contribution in [3.05, 3.63) is 12.2 Å². The van der Waals surface area contributed by atoms with Crippen LogP contribution < -0.4 is 0 Å². The first-order chi connectivity index (χ1) is 5.81. The maximum Gasteiger partial charge on any atom is 0.305 e. The van der Waals surface area contributed by atoms with Gasteiger partial charge in [-0.3, -0.25) is 4.79 Å². The van der Waals surface area contributed by atoms with Gasteiger partial charge in [-0.2, -0.15) is 0 Å². The van der Waals surface area contributed by atoms with E-state index in [1.54, 1.807) is 0 Å². The van der Waals surface area contributed by atoms with Crippen molar-refractivity contribution in [2.75, 3.05) is 6.61 Å². The zero-order valence-corrected chi connectivity index (χ0v) is 8.01. The molecule has 70 valence electrons. The molecule has 0 aromatic rings. The van der Waals surface area contributed by atoms with Gasteiger partial charge < -0.3 is 4.74 Å². The molecule has 0 heterocycles. The summed E-state index contributed by atoms with van der Waals surface area (Å²) < 4.78 is 4.96. The smallest absolute Gasteiger partial charge is 0.305 e. The van der Waals surface area contributed by atoms with Crippen LogP contribution in [0.4, 0.5) is 0 Å². The Kier molecular flexibility index (Phi) is 7.76. The van der Waals surface area contributed by atoms with Crippen molar-refractivity contribution in [2.45, 2.75) is 39.5 Å². The van der Waals surface area contributed by atoms with Gasteiger partial charge in [-0.05, 0) is 26.2 Å². The molecule has 2 heteroatoms. The van der Waals surface area contributed by atoms with Crippen molar-refractivity contribution in [1.29, 1.82) is 0 Å². The molecule has 0 bridgehead atoms. The number of ether oxygens (including phenoxy) is 1. The van der Waals surface area contributed by atoms with Crippen molar-refractivity contribution >= 4 is 5.97 Å². The summed E-state index contributed by atoms with van der Waals surface area (Å²) in [6.07, 6.45) is 7.43. The maximum absolute atomic E-state index is 10.8. The van der Waals surface area contributed by atoms with Crippen LogP contribution in [0.25, 0.3) is 0 Å². The minimum atomic E-state index is -0.0713. The van der Waals surface area contributed by atoms with Crippen LogP contribution in [0.1, 0.15) is 39.5 Å². The van der Waals surface area contributed by atoms with E-state index in [9.17, 15) is 4.79 Å². The molecule has 0 amide bonds. The molecule has 0 radical (unpaired) electrons. The van der Waals surface area contributed by atoms with E-state index in [1.165, 1.54) is 0 Å². The minimum absolute atomic E-state index is 0.0713. The summed E-state index contributed by atoms with van der Waals surface area (Å²) in [6, 6.07) is 0. The molecule has 0 saturated heterocycles. The number of allylic oxidation sites excluding steroid dienone is 2. The Morgan fingerprint density at radius 2 is 2.25 bits per heavy atom. The van der Waals surface area contributed by atoms with Crippen LogP contribution in [0.2, 0.25) is 0 Å². The SMILES string of the molecule is CC=CCCCOC(=O)CCC. The number of carbonyl (C=O) groups excluding carboxylic acids is 1. The molecule has 0 unspecified atom stereocenters. The van der Waals surface area contributed by atoms with Gasteiger partial charge in [0.15, 0.2) is 0 Å². The highest BCUT2D eigenvalue weighted by molar-refractivity contribution is 5.69. The van der Waals surface area contributed by atoms with Gasteiger partial charge in [-0.1, -0.05) is 19.1 Å². The summed E-state index contributed by atoms with van der Waals surface area (Å²) in [5.74, 6) is -0.0713. The molecular formula is C10H18O2. The van der Waals surface area contributed by atoms with Crippen LogP contribution in [-0.2, 0) is 9.53 Å². The predicted octanol–water partition coefficient (Wildman–Crippen LogP) is 2.69. The van der Waals surface area contributed by atoms with Crippen LogP contribution in [0, 0.1) is 0 Å². The number of esters is 1. The standard InChI is InChI=1S/C10H18O2/c1-3-5-6-7-9-12-10(11)8-4-2/h3,5H,4,6-9H2,1-2H3. The fourth-order valence-electron chi connectivity index (χ4n) is 0.830. The lowest BCUT2D eigenvalue weighted by Crippen LogP contribution is -2.04. The Balaban J connectivity index is 3.13. The Morgan fingerprint density at radius 1 is 1.50 bits per heavy atom. The quantitative estimate of drug-likeness (QED) is 0.348. The third-order valence-electron chi connectivity index (χ3n) is 1.47. The van der Waals surface area contributed by atoms with Crippen LogP contribution >= 0.6 is 0 Å². The van der Waals surface area contributed by atoms with E-state index >= 15 is 0 Å². The van der Waals surface area contributed by atoms with Crippen LogP contribution in [0.15, 0.2) is 12.2 Å². The highest BCUT2D eigenvalue weighted by Gasteiger charge is 1.98. The molecule has 0 aliphatic heterocycles. The van der Waals surface area contributed by atoms with E-state index in [2.05, 4.69) is 6.08 Å². The van der Waals surface area contributed by atoms with Crippen LogP contribution in [0.3, 0.4) is 0 Å². The Bertz CT molecular complexity index is 139. The molecule has 2 nitrogen and oxygen atoms in total. The Labute approximate surface area is 74.6 Å². The van der Waals surface area contributed by atoms with Gasteiger partial charge in [0.25, 0.3) is 0 Å². The van der Waals surface area contributed by atoms with Gasteiger partial charge in [0, 0.05) is 6.42 Å². The molecule has 0 rings (SSSR count). The second-order valence-electron chi connectivity index (χ2n) is 2.68. The average Bonchev–Trinajstić information content (AvgIpc) is 2.05. The third-order valence-corrected chi connectivity index (χ3v) is 1.47. The first kappa shape index (κ1) is 11.2. The molecule has 0 aromatic carbocycles. The molecule has 0 spiro atoms. The van der Waals surface area contributed by atoms with E-state index in [0.29, 0.717) is 13.0 Å². The van der Waals surface area contributed by atoms with E-state index in [4.69, 9.17) is 4.74 Å². The molecule has 0 fully saturated rings. The monoisotopic (exact) mass is 170 g/mol. The highest BCUT2D eigenvalue weighted by Crippen LogP contribution is 1.95. The first-order valence-corrected chi connectivity index (χ1v) is 4.58. The lowest BCUT2D eigenvalue weighted by molar-refractivity contribution is -0.143. The Morgan fingerprint density at radius 3 is 2.83 bits per heavy atom. The summed E-state index contributed by atoms with van der Waals surface area (Å²) in [7, 11) is 0. The zero-order valence-electron chi connectivity index (χ0n) is 8.01. The summed E-state index contributed by atoms with van der Waals surface area (Å²) in [6.45, 7) is 4.52. The maximum atomic E-state index is 10.8. The second-order valence-corrected chi connectivity index (χ2v) is 2.68. The molecule has 12 heavy (non-hydrogen) atoms. The topological polar surface area (TPSA) is 26.3 Å². The van der Waals surface area contributed by atoms with Crippen molar-refractivity contribution in [2.24, 2.45) is 0 Å². The summed E-state index contributed by atoms with van der Waals surface area (Å²) in [5.41, 5.74) is 0. The fraction of sp³-hybridized carbons (Fsp3) is 0.700. The molecular weight excluding hydrogens is 152 g/mol. The number of hydrogen-bond acceptors (Lipinski definition) is 2. The number of hydrogen-bond donors (Lipinski definition) is 0. The van der Waals surface area contributed by atoms with E-state index in [1.807, 2.05) is 19.9 Å². The van der Waals surface area contributed by atoms with Gasteiger partial charge in [-0.25, -0.2) is 0 Å². The molecule has 0 atom stereocenters. The predicted molar refractivity (Wildman–Crippen MR) is 49.9 cm³/mol. The molecule has 0 saturated carbocycles. The molecule has 0 aliphatic rings. The molecule has 0 N–H and O–H groups in total.